The summed E-state index contributed by atoms with van der Waals surface area (Å²) in [5.74, 6) is 1.48. The maximum absolute atomic E-state index is 6.04. The lowest BCUT2D eigenvalue weighted by Crippen LogP contribution is -2.00. The first-order valence-electron chi connectivity index (χ1n) is 7.50. The van der Waals surface area contributed by atoms with E-state index in [4.69, 9.17) is 16.6 Å². The molecule has 0 aliphatic heterocycles. The second-order valence-corrected chi connectivity index (χ2v) is 5.62. The van der Waals surface area contributed by atoms with Gasteiger partial charge in [0.15, 0.2) is 0 Å². The van der Waals surface area contributed by atoms with E-state index in [1.165, 1.54) is 6.33 Å². The van der Waals surface area contributed by atoms with E-state index in [9.17, 15) is 0 Å². The van der Waals surface area contributed by atoms with Crippen molar-refractivity contribution in [3.05, 3.63) is 83.5 Å². The van der Waals surface area contributed by atoms with E-state index in [2.05, 4.69) is 9.97 Å². The fourth-order valence-electron chi connectivity index (χ4n) is 2.58. The van der Waals surface area contributed by atoms with Gasteiger partial charge in [-0.25, -0.2) is 15.0 Å². The Hall–Kier alpha value is -2.69. The van der Waals surface area contributed by atoms with Crippen molar-refractivity contribution in [2.24, 2.45) is 0 Å². The number of rotatable bonds is 3. The first kappa shape index (κ1) is 17.1. The van der Waals surface area contributed by atoms with Gasteiger partial charge in [-0.15, -0.1) is 12.4 Å². The van der Waals surface area contributed by atoms with Crippen LogP contribution < -0.4 is 0 Å². The molecule has 0 atom stereocenters. The summed E-state index contributed by atoms with van der Waals surface area (Å²) in [6.45, 7) is 0. The average Bonchev–Trinajstić information content (AvgIpc) is 2.99. The van der Waals surface area contributed by atoms with Gasteiger partial charge in [-0.2, -0.15) is 0 Å². The number of aromatic nitrogens is 4. The first-order chi connectivity index (χ1) is 11.8. The van der Waals surface area contributed by atoms with Crippen LogP contribution >= 0.6 is 24.0 Å². The molecule has 0 radical (unpaired) electrons. The smallest absolute Gasteiger partial charge is 0.143 e. The summed E-state index contributed by atoms with van der Waals surface area (Å²) in [6, 6.07) is 19.8. The van der Waals surface area contributed by atoms with Crippen molar-refractivity contribution in [1.29, 1.82) is 0 Å². The van der Waals surface area contributed by atoms with Crippen molar-refractivity contribution in [1.82, 2.24) is 19.5 Å². The molecule has 0 fully saturated rings. The molecule has 4 nitrogen and oxygen atoms in total. The van der Waals surface area contributed by atoms with Gasteiger partial charge in [0.1, 0.15) is 23.1 Å². The number of halogens is 2. The maximum Gasteiger partial charge on any atom is 0.143 e. The van der Waals surface area contributed by atoms with Gasteiger partial charge < -0.3 is 0 Å². The van der Waals surface area contributed by atoms with Crippen LogP contribution in [-0.2, 0) is 0 Å². The molecule has 4 aromatic rings. The maximum atomic E-state index is 6.04. The number of nitrogens with zero attached hydrogens (tertiary/aromatic N) is 4. The van der Waals surface area contributed by atoms with Gasteiger partial charge in [-0.05, 0) is 23.8 Å². The Morgan fingerprint density at radius 3 is 2.44 bits per heavy atom. The van der Waals surface area contributed by atoms with E-state index in [0.717, 1.165) is 22.4 Å². The highest BCUT2D eigenvalue weighted by Gasteiger charge is 2.11. The Kier molecular flexibility index (Phi) is 5.12. The Morgan fingerprint density at radius 1 is 0.880 bits per heavy atom. The largest absolute Gasteiger partial charge is 0.277 e. The predicted molar refractivity (Wildman–Crippen MR) is 104 cm³/mol. The zero-order valence-corrected chi connectivity index (χ0v) is 14.7. The molecule has 6 heteroatoms. The van der Waals surface area contributed by atoms with Crippen LogP contribution in [-0.4, -0.2) is 19.5 Å². The zero-order chi connectivity index (χ0) is 16.4. The quantitative estimate of drug-likeness (QED) is 0.474. The van der Waals surface area contributed by atoms with E-state index in [1.54, 1.807) is 6.07 Å². The molecule has 0 saturated carbocycles. The summed E-state index contributed by atoms with van der Waals surface area (Å²) in [5.41, 5.74) is 2.98. The van der Waals surface area contributed by atoms with Crippen molar-refractivity contribution in [3.63, 3.8) is 0 Å². The number of para-hydroxylation sites is 2. The number of fused-ring (bicyclic) bond motifs is 1. The van der Waals surface area contributed by atoms with Gasteiger partial charge in [0.05, 0.1) is 11.0 Å². The summed E-state index contributed by atoms with van der Waals surface area (Å²) < 4.78 is 1.97. The van der Waals surface area contributed by atoms with E-state index in [0.29, 0.717) is 11.0 Å². The van der Waals surface area contributed by atoms with Crippen molar-refractivity contribution in [2.45, 2.75) is 0 Å². The van der Waals surface area contributed by atoms with Crippen LogP contribution in [0.2, 0.25) is 5.15 Å². The highest BCUT2D eigenvalue weighted by Crippen LogP contribution is 2.22. The molecule has 124 valence electrons. The molecule has 0 unspecified atom stereocenters. The third kappa shape index (κ3) is 3.55. The van der Waals surface area contributed by atoms with E-state index in [1.807, 2.05) is 71.3 Å². The van der Waals surface area contributed by atoms with Crippen LogP contribution in [0, 0.1) is 0 Å². The third-order valence-electron chi connectivity index (χ3n) is 3.66. The minimum atomic E-state index is 0. The minimum absolute atomic E-state index is 0. The molecule has 0 N–H and O–H groups in total. The third-order valence-corrected chi connectivity index (χ3v) is 3.87. The second-order valence-electron chi connectivity index (χ2n) is 5.24. The summed E-state index contributed by atoms with van der Waals surface area (Å²) >= 11 is 6.04. The molecular weight excluding hydrogens is 355 g/mol. The molecule has 0 saturated heterocycles. The molecule has 0 spiro atoms. The van der Waals surface area contributed by atoms with Gasteiger partial charge in [0, 0.05) is 6.07 Å². The summed E-state index contributed by atoms with van der Waals surface area (Å²) in [4.78, 5) is 13.0. The second kappa shape index (κ2) is 7.47. The van der Waals surface area contributed by atoms with Gasteiger partial charge in [-0.1, -0.05) is 60.1 Å². The fraction of sp³-hybridized carbons (Fsp3) is 0. The van der Waals surface area contributed by atoms with E-state index < -0.39 is 0 Å². The number of imidazole rings is 1. The lowest BCUT2D eigenvalue weighted by molar-refractivity contribution is 0.982. The molecule has 2 aromatic carbocycles. The Labute approximate surface area is 156 Å². The molecule has 0 amide bonds. The normalized spacial score (nSPS) is 10.9. The average molecular weight is 369 g/mol. The van der Waals surface area contributed by atoms with Crippen molar-refractivity contribution >= 4 is 47.2 Å². The Bertz CT molecular complexity index is 1030. The lowest BCUT2D eigenvalue weighted by Gasteiger charge is -2.06. The van der Waals surface area contributed by atoms with Gasteiger partial charge >= 0.3 is 0 Å². The van der Waals surface area contributed by atoms with E-state index >= 15 is 0 Å². The molecule has 2 heterocycles. The van der Waals surface area contributed by atoms with Crippen LogP contribution in [0.4, 0.5) is 0 Å². The van der Waals surface area contributed by atoms with Crippen LogP contribution in [0.5, 0.6) is 0 Å². The number of hydrogen-bond donors (Lipinski definition) is 0. The Morgan fingerprint density at radius 2 is 1.64 bits per heavy atom. The van der Waals surface area contributed by atoms with Gasteiger partial charge in [0.2, 0.25) is 0 Å². The topological polar surface area (TPSA) is 43.6 Å². The standard InChI is InChI=1S/C19H13ClN4.ClH/c20-17-12-19(22-13-21-17)24-16-9-5-4-8-15(16)23-18(24)11-10-14-6-2-1-3-7-14;/h1-13H;1H/b11-10+;. The highest BCUT2D eigenvalue weighted by molar-refractivity contribution is 6.29. The molecule has 0 bridgehead atoms. The highest BCUT2D eigenvalue weighted by atomic mass is 35.5. The monoisotopic (exact) mass is 368 g/mol. The van der Waals surface area contributed by atoms with Crippen LogP contribution in [0.1, 0.15) is 11.4 Å². The summed E-state index contributed by atoms with van der Waals surface area (Å²) in [7, 11) is 0. The first-order valence-corrected chi connectivity index (χ1v) is 7.87. The van der Waals surface area contributed by atoms with Crippen molar-refractivity contribution < 1.29 is 0 Å². The molecular formula is C19H14Cl2N4. The minimum Gasteiger partial charge on any atom is -0.277 e. The van der Waals surface area contributed by atoms with Crippen LogP contribution in [0.15, 0.2) is 67.0 Å². The number of benzene rings is 2. The molecule has 0 aliphatic rings. The molecule has 25 heavy (non-hydrogen) atoms. The molecule has 2 aromatic heterocycles. The summed E-state index contributed by atoms with van der Waals surface area (Å²) in [5, 5.41) is 0.399. The van der Waals surface area contributed by atoms with Crippen molar-refractivity contribution in [2.75, 3.05) is 0 Å². The predicted octanol–water partition coefficient (Wildman–Crippen LogP) is 5.06. The van der Waals surface area contributed by atoms with E-state index in [-0.39, 0.29) is 12.4 Å². The van der Waals surface area contributed by atoms with Crippen molar-refractivity contribution in [3.8, 4) is 5.82 Å². The Balaban J connectivity index is 0.00000182. The fourth-order valence-corrected chi connectivity index (χ4v) is 2.72. The van der Waals surface area contributed by atoms with Crippen LogP contribution in [0.3, 0.4) is 0 Å². The lowest BCUT2D eigenvalue weighted by atomic mass is 10.2. The summed E-state index contributed by atoms with van der Waals surface area (Å²) in [6.07, 6.45) is 5.46. The van der Waals surface area contributed by atoms with Crippen LogP contribution in [0.25, 0.3) is 29.0 Å². The molecule has 0 aliphatic carbocycles. The number of hydrogen-bond acceptors (Lipinski definition) is 3. The SMILES string of the molecule is Cl.Clc1cc(-n2c(/C=C/c3ccccc3)nc3ccccc32)ncn1. The van der Waals surface area contributed by atoms with Gasteiger partial charge in [0.25, 0.3) is 0 Å². The molecule has 4 rings (SSSR count). The zero-order valence-electron chi connectivity index (χ0n) is 13.1. The van der Waals surface area contributed by atoms with Gasteiger partial charge in [-0.3, -0.25) is 4.57 Å².